The topological polar surface area (TPSA) is 32.3 Å². The molecule has 1 saturated heterocycles. The Morgan fingerprint density at radius 2 is 2.00 bits per heavy atom. The number of nitrogens with one attached hydrogen (secondary N) is 1. The number of hydrogen-bond donors (Lipinski definition) is 1. The lowest BCUT2D eigenvalue weighted by Gasteiger charge is -2.19. The molecular formula is C16H23ClN2OS. The molecule has 0 radical (unpaired) electrons. The van der Waals surface area contributed by atoms with Gasteiger partial charge in [-0.05, 0) is 50.4 Å². The quantitative estimate of drug-likeness (QED) is 0.838. The van der Waals surface area contributed by atoms with E-state index in [1.807, 2.05) is 18.4 Å². The zero-order valence-corrected chi connectivity index (χ0v) is 14.1. The van der Waals surface area contributed by atoms with E-state index in [-0.39, 0.29) is 5.91 Å². The Morgan fingerprint density at radius 3 is 2.67 bits per heavy atom. The summed E-state index contributed by atoms with van der Waals surface area (Å²) in [4.78, 5) is 15.7. The fourth-order valence-corrected chi connectivity index (χ4v) is 3.23. The van der Waals surface area contributed by atoms with E-state index in [2.05, 4.69) is 10.2 Å². The zero-order chi connectivity index (χ0) is 15.1. The molecule has 0 atom stereocenters. The molecule has 21 heavy (non-hydrogen) atoms. The molecule has 0 unspecified atom stereocenters. The molecule has 0 saturated carbocycles. The number of nitrogens with zero attached hydrogens (tertiary/aromatic N) is 1. The van der Waals surface area contributed by atoms with Gasteiger partial charge in [0.25, 0.3) is 5.91 Å². The van der Waals surface area contributed by atoms with E-state index in [9.17, 15) is 4.79 Å². The van der Waals surface area contributed by atoms with E-state index in [4.69, 9.17) is 11.6 Å². The van der Waals surface area contributed by atoms with Gasteiger partial charge in [-0.2, -0.15) is 0 Å². The molecule has 0 bridgehead atoms. The van der Waals surface area contributed by atoms with Gasteiger partial charge in [-0.15, -0.1) is 11.8 Å². The average Bonchev–Trinajstić information content (AvgIpc) is 2.76. The molecule has 1 N–H and O–H groups in total. The molecule has 0 spiro atoms. The van der Waals surface area contributed by atoms with E-state index >= 15 is 0 Å². The molecule has 0 aromatic heterocycles. The van der Waals surface area contributed by atoms with Gasteiger partial charge in [0.15, 0.2) is 0 Å². The van der Waals surface area contributed by atoms with Gasteiger partial charge < -0.3 is 10.2 Å². The molecule has 2 rings (SSSR count). The summed E-state index contributed by atoms with van der Waals surface area (Å²) in [6, 6.07) is 5.58. The number of likely N-dealkylation sites (tertiary alicyclic amines) is 1. The van der Waals surface area contributed by atoms with Gasteiger partial charge in [-0.3, -0.25) is 4.79 Å². The molecule has 116 valence electrons. The Bertz CT molecular complexity index is 473. The van der Waals surface area contributed by atoms with Crippen molar-refractivity contribution in [1.82, 2.24) is 10.2 Å². The Hall–Kier alpha value is -0.710. The maximum Gasteiger partial charge on any atom is 0.252 e. The van der Waals surface area contributed by atoms with E-state index in [1.165, 1.54) is 25.7 Å². The smallest absolute Gasteiger partial charge is 0.252 e. The third-order valence-corrected chi connectivity index (χ3v) is 4.89. The Labute approximate surface area is 136 Å². The van der Waals surface area contributed by atoms with Gasteiger partial charge in [0.1, 0.15) is 0 Å². The molecule has 1 heterocycles. The van der Waals surface area contributed by atoms with Gasteiger partial charge in [-0.25, -0.2) is 0 Å². The predicted octanol–water partition coefficient (Wildman–Crippen LogP) is 3.67. The number of halogens is 1. The van der Waals surface area contributed by atoms with Crippen LogP contribution in [0.2, 0.25) is 5.02 Å². The largest absolute Gasteiger partial charge is 0.351 e. The van der Waals surface area contributed by atoms with Crippen LogP contribution in [-0.2, 0) is 0 Å². The standard InChI is InChI=1S/C16H23ClN2OS/c1-21-13-6-7-15(17)14(12-13)16(20)18-8-11-19-9-4-2-3-5-10-19/h6-7,12H,2-5,8-11H2,1H3,(H,18,20). The zero-order valence-electron chi connectivity index (χ0n) is 12.5. The van der Waals surface area contributed by atoms with Crippen LogP contribution in [0.5, 0.6) is 0 Å². The number of carbonyl (C=O) groups is 1. The van der Waals surface area contributed by atoms with Crippen LogP contribution in [0.3, 0.4) is 0 Å². The summed E-state index contributed by atoms with van der Waals surface area (Å²) in [7, 11) is 0. The van der Waals surface area contributed by atoms with Crippen molar-refractivity contribution in [1.29, 1.82) is 0 Å². The second-order valence-electron chi connectivity index (χ2n) is 5.36. The second kappa shape index (κ2) is 8.66. The molecule has 1 amide bonds. The maximum atomic E-state index is 12.2. The molecule has 1 aliphatic heterocycles. The van der Waals surface area contributed by atoms with Crippen molar-refractivity contribution in [3.05, 3.63) is 28.8 Å². The monoisotopic (exact) mass is 326 g/mol. The highest BCUT2D eigenvalue weighted by Crippen LogP contribution is 2.22. The van der Waals surface area contributed by atoms with Gasteiger partial charge in [0, 0.05) is 18.0 Å². The van der Waals surface area contributed by atoms with Crippen LogP contribution in [0.4, 0.5) is 0 Å². The van der Waals surface area contributed by atoms with Gasteiger partial charge >= 0.3 is 0 Å². The predicted molar refractivity (Wildman–Crippen MR) is 90.5 cm³/mol. The molecule has 0 aliphatic carbocycles. The second-order valence-corrected chi connectivity index (χ2v) is 6.64. The summed E-state index contributed by atoms with van der Waals surface area (Å²) >= 11 is 7.73. The van der Waals surface area contributed by atoms with Crippen LogP contribution >= 0.6 is 23.4 Å². The highest BCUT2D eigenvalue weighted by molar-refractivity contribution is 7.98. The van der Waals surface area contributed by atoms with Crippen LogP contribution in [0.1, 0.15) is 36.0 Å². The van der Waals surface area contributed by atoms with Gasteiger partial charge in [0.05, 0.1) is 10.6 Å². The van der Waals surface area contributed by atoms with Crippen LogP contribution in [0, 0.1) is 0 Å². The minimum atomic E-state index is -0.0780. The molecule has 1 aromatic carbocycles. The molecule has 3 nitrogen and oxygen atoms in total. The van der Waals surface area contributed by atoms with Crippen LogP contribution < -0.4 is 5.32 Å². The van der Waals surface area contributed by atoms with Crippen molar-refractivity contribution in [2.45, 2.75) is 30.6 Å². The SMILES string of the molecule is CSc1ccc(Cl)c(C(=O)NCCN2CCCCCC2)c1. The summed E-state index contributed by atoms with van der Waals surface area (Å²) in [5.74, 6) is -0.0780. The van der Waals surface area contributed by atoms with Crippen molar-refractivity contribution in [2.24, 2.45) is 0 Å². The third kappa shape index (κ3) is 5.20. The van der Waals surface area contributed by atoms with E-state index in [0.29, 0.717) is 17.1 Å². The maximum absolute atomic E-state index is 12.2. The number of benzene rings is 1. The van der Waals surface area contributed by atoms with Gasteiger partial charge in [-0.1, -0.05) is 24.4 Å². The molecule has 1 fully saturated rings. The van der Waals surface area contributed by atoms with Crippen molar-refractivity contribution >= 4 is 29.3 Å². The first kappa shape index (κ1) is 16.7. The normalized spacial score (nSPS) is 16.5. The molecular weight excluding hydrogens is 304 g/mol. The summed E-state index contributed by atoms with van der Waals surface area (Å²) < 4.78 is 0. The molecule has 1 aliphatic rings. The van der Waals surface area contributed by atoms with Crippen molar-refractivity contribution in [3.8, 4) is 0 Å². The van der Waals surface area contributed by atoms with Crippen LogP contribution in [0.25, 0.3) is 0 Å². The summed E-state index contributed by atoms with van der Waals surface area (Å²) in [6.07, 6.45) is 7.20. The Balaban J connectivity index is 1.84. The number of amides is 1. The van der Waals surface area contributed by atoms with Crippen molar-refractivity contribution in [3.63, 3.8) is 0 Å². The number of hydrogen-bond acceptors (Lipinski definition) is 3. The lowest BCUT2D eigenvalue weighted by molar-refractivity contribution is 0.0948. The average molecular weight is 327 g/mol. The summed E-state index contributed by atoms with van der Waals surface area (Å²) in [5, 5.41) is 3.50. The Morgan fingerprint density at radius 1 is 1.29 bits per heavy atom. The van der Waals surface area contributed by atoms with Crippen LogP contribution in [0.15, 0.2) is 23.1 Å². The third-order valence-electron chi connectivity index (χ3n) is 3.83. The molecule has 1 aromatic rings. The first-order valence-electron chi connectivity index (χ1n) is 7.55. The highest BCUT2D eigenvalue weighted by Gasteiger charge is 2.12. The number of carbonyl (C=O) groups excluding carboxylic acids is 1. The number of thioether (sulfide) groups is 1. The minimum absolute atomic E-state index is 0.0780. The summed E-state index contributed by atoms with van der Waals surface area (Å²) in [6.45, 7) is 3.90. The first-order chi connectivity index (χ1) is 10.2. The molecule has 5 heteroatoms. The van der Waals surface area contributed by atoms with E-state index in [1.54, 1.807) is 17.8 Å². The number of rotatable bonds is 5. The fraction of sp³-hybridized carbons (Fsp3) is 0.562. The van der Waals surface area contributed by atoms with Gasteiger partial charge in [0.2, 0.25) is 0 Å². The fourth-order valence-electron chi connectivity index (χ4n) is 2.59. The summed E-state index contributed by atoms with van der Waals surface area (Å²) in [5.41, 5.74) is 0.569. The lowest BCUT2D eigenvalue weighted by Crippen LogP contribution is -2.35. The minimum Gasteiger partial charge on any atom is -0.351 e. The Kier molecular flexibility index (Phi) is 6.87. The van der Waals surface area contributed by atoms with E-state index < -0.39 is 0 Å². The highest BCUT2D eigenvalue weighted by atomic mass is 35.5. The van der Waals surface area contributed by atoms with Crippen molar-refractivity contribution in [2.75, 3.05) is 32.4 Å². The van der Waals surface area contributed by atoms with Crippen molar-refractivity contribution < 1.29 is 4.79 Å². The van der Waals surface area contributed by atoms with E-state index in [0.717, 1.165) is 24.5 Å². The lowest BCUT2D eigenvalue weighted by atomic mass is 10.2. The van der Waals surface area contributed by atoms with Crippen LogP contribution in [-0.4, -0.2) is 43.2 Å². The first-order valence-corrected chi connectivity index (χ1v) is 9.15.